The van der Waals surface area contributed by atoms with Crippen LogP contribution in [0.5, 0.6) is 11.5 Å². The Morgan fingerprint density at radius 1 is 0.625 bits per heavy atom. The Kier molecular flexibility index (Phi) is 11.4. The third-order valence-corrected chi connectivity index (χ3v) is 5.36. The summed E-state index contributed by atoms with van der Waals surface area (Å²) in [7, 11) is 0. The van der Waals surface area contributed by atoms with Gasteiger partial charge in [0.25, 0.3) is 0 Å². The van der Waals surface area contributed by atoms with Gasteiger partial charge in [-0.1, -0.05) is 73.8 Å². The number of aliphatic hydroxyl groups is 2. The highest BCUT2D eigenvalue weighted by atomic mass is 16.6. The average Bonchev–Trinajstić information content (AvgIpc) is 2.89. The van der Waals surface area contributed by atoms with Crippen molar-refractivity contribution in [3.05, 3.63) is 97.1 Å². The maximum Gasteiger partial charge on any atom is 0.330 e. The van der Waals surface area contributed by atoms with E-state index < -0.39 is 24.5 Å². The highest BCUT2D eigenvalue weighted by Crippen LogP contribution is 2.45. The monoisotopic (exact) mass is 546 g/mol. The molecule has 210 valence electrons. The normalized spacial score (nSPS) is 11.7. The largest absolute Gasteiger partial charge is 0.478 e. The van der Waals surface area contributed by atoms with Gasteiger partial charge in [0.1, 0.15) is 11.5 Å². The Hall–Kier alpha value is -4.66. The summed E-state index contributed by atoms with van der Waals surface area (Å²) in [6.07, 6.45) is -1.92. The van der Waals surface area contributed by atoms with Crippen molar-refractivity contribution in [3.63, 3.8) is 0 Å². The maximum absolute atomic E-state index is 9.88. The summed E-state index contributed by atoms with van der Waals surface area (Å²) in [6, 6.07) is 23.7. The second-order valence-corrected chi connectivity index (χ2v) is 8.92. The van der Waals surface area contributed by atoms with E-state index in [-0.39, 0.29) is 11.1 Å². The van der Waals surface area contributed by atoms with E-state index in [1.807, 2.05) is 72.8 Å². The van der Waals surface area contributed by atoms with Crippen molar-refractivity contribution in [3.8, 4) is 22.6 Å². The van der Waals surface area contributed by atoms with Crippen molar-refractivity contribution in [2.75, 3.05) is 0 Å². The lowest BCUT2D eigenvalue weighted by Gasteiger charge is -2.21. The van der Waals surface area contributed by atoms with Crippen LogP contribution in [0.15, 0.2) is 97.1 Å². The highest BCUT2D eigenvalue weighted by molar-refractivity contribution is 6.09. The Morgan fingerprint density at radius 3 is 1.20 bits per heavy atom. The van der Waals surface area contributed by atoms with Gasteiger partial charge in [-0.15, -0.1) is 0 Å². The lowest BCUT2D eigenvalue weighted by molar-refractivity contribution is -0.133. The summed E-state index contributed by atoms with van der Waals surface area (Å²) in [5, 5.41) is 39.6. The number of rotatable bonds is 7. The number of fused-ring (bicyclic) bond motifs is 2. The van der Waals surface area contributed by atoms with E-state index in [2.05, 4.69) is 13.2 Å². The summed E-state index contributed by atoms with van der Waals surface area (Å²) in [6.45, 7) is 12.4. The minimum absolute atomic E-state index is 0.176. The second kappa shape index (κ2) is 14.5. The van der Waals surface area contributed by atoms with Crippen LogP contribution >= 0.6 is 0 Å². The zero-order valence-electron chi connectivity index (χ0n) is 22.9. The van der Waals surface area contributed by atoms with Crippen LogP contribution in [0.4, 0.5) is 0 Å². The number of aliphatic hydroxyl groups excluding tert-OH is 2. The molecule has 4 aromatic carbocycles. The molecule has 8 nitrogen and oxygen atoms in total. The van der Waals surface area contributed by atoms with E-state index >= 15 is 0 Å². The molecule has 0 aromatic heterocycles. The molecule has 4 aromatic rings. The van der Waals surface area contributed by atoms with E-state index in [1.165, 1.54) is 13.8 Å². The van der Waals surface area contributed by atoms with Crippen LogP contribution in [0, 0.1) is 0 Å². The average molecular weight is 547 g/mol. The predicted octanol–water partition coefficient (Wildman–Crippen LogP) is 6.39. The van der Waals surface area contributed by atoms with Gasteiger partial charge in [0.05, 0.1) is 0 Å². The fourth-order valence-corrected chi connectivity index (χ4v) is 3.58. The number of benzene rings is 4. The van der Waals surface area contributed by atoms with Crippen LogP contribution in [0.2, 0.25) is 0 Å². The number of hydrogen-bond donors (Lipinski definition) is 4. The van der Waals surface area contributed by atoms with E-state index in [9.17, 15) is 19.8 Å². The number of carboxylic acids is 2. The molecule has 0 radical (unpaired) electrons. The van der Waals surface area contributed by atoms with Crippen molar-refractivity contribution < 1.29 is 39.5 Å². The van der Waals surface area contributed by atoms with Crippen LogP contribution in [0.1, 0.15) is 27.7 Å². The van der Waals surface area contributed by atoms with Gasteiger partial charge in [0, 0.05) is 22.3 Å². The standard InChI is InChI=1S/C24H22O4.2C4H6O2/c1-15(25)27-21-13-11-17-7-3-5-9-19(17)23(21)24-20-10-6-4-8-18(20)12-14-22(24)28-16(2)26;2*1-3(2)4(5)6/h3-16,25-26H,1-2H3;2*1H2,2H3,(H,5,6). The van der Waals surface area contributed by atoms with Gasteiger partial charge in [-0.2, -0.15) is 0 Å². The van der Waals surface area contributed by atoms with Crippen LogP contribution in [0.3, 0.4) is 0 Å². The van der Waals surface area contributed by atoms with E-state index in [4.69, 9.17) is 19.7 Å². The van der Waals surface area contributed by atoms with Crippen LogP contribution in [0.25, 0.3) is 32.7 Å². The van der Waals surface area contributed by atoms with E-state index in [1.54, 1.807) is 13.8 Å². The van der Waals surface area contributed by atoms with Gasteiger partial charge in [-0.3, -0.25) is 0 Å². The molecule has 4 rings (SSSR count). The number of carbonyl (C=O) groups is 2. The Morgan fingerprint density at radius 2 is 0.925 bits per heavy atom. The molecule has 0 spiro atoms. The minimum atomic E-state index is -0.962. The Bertz CT molecular complexity index is 1380. The highest BCUT2D eigenvalue weighted by Gasteiger charge is 2.20. The molecule has 0 saturated heterocycles. The number of hydrogen-bond acceptors (Lipinski definition) is 6. The van der Waals surface area contributed by atoms with Gasteiger partial charge in [0.2, 0.25) is 0 Å². The molecular formula is C32H34O8. The first kappa shape index (κ1) is 31.6. The van der Waals surface area contributed by atoms with Gasteiger partial charge in [0.15, 0.2) is 12.6 Å². The third kappa shape index (κ3) is 8.69. The van der Waals surface area contributed by atoms with E-state index in [0.717, 1.165) is 32.7 Å². The first-order valence-electron chi connectivity index (χ1n) is 12.3. The minimum Gasteiger partial charge on any atom is -0.478 e. The zero-order valence-corrected chi connectivity index (χ0v) is 22.9. The van der Waals surface area contributed by atoms with Crippen molar-refractivity contribution in [1.29, 1.82) is 0 Å². The maximum atomic E-state index is 9.88. The van der Waals surface area contributed by atoms with Gasteiger partial charge < -0.3 is 29.9 Å². The molecule has 0 aliphatic carbocycles. The molecule has 8 heteroatoms. The fourth-order valence-electron chi connectivity index (χ4n) is 3.58. The number of ether oxygens (including phenoxy) is 2. The first-order valence-corrected chi connectivity index (χ1v) is 12.3. The van der Waals surface area contributed by atoms with Crippen molar-refractivity contribution in [2.24, 2.45) is 0 Å². The third-order valence-electron chi connectivity index (χ3n) is 5.36. The fraction of sp³-hybridized carbons (Fsp3) is 0.188. The van der Waals surface area contributed by atoms with Gasteiger partial charge in [-0.05, 0) is 61.4 Å². The molecule has 0 heterocycles. The van der Waals surface area contributed by atoms with Crippen molar-refractivity contribution in [1.82, 2.24) is 0 Å². The predicted molar refractivity (Wildman–Crippen MR) is 156 cm³/mol. The molecule has 4 N–H and O–H groups in total. The van der Waals surface area contributed by atoms with Gasteiger partial charge >= 0.3 is 11.9 Å². The Labute approximate surface area is 233 Å². The number of aliphatic carboxylic acids is 2. The SMILES string of the molecule is C=C(C)C(=O)O.C=C(C)C(=O)O.CC(O)Oc1ccc2ccccc2c1-c1c(OC(C)O)ccc2ccccc12. The quantitative estimate of drug-likeness (QED) is 0.155. The van der Waals surface area contributed by atoms with Crippen molar-refractivity contribution >= 4 is 33.5 Å². The number of carboxylic acid groups (broad SMARTS) is 2. The summed E-state index contributed by atoms with van der Waals surface area (Å²) in [5.74, 6) is -0.758. The Balaban J connectivity index is 0.000000393. The lowest BCUT2D eigenvalue weighted by Crippen LogP contribution is -2.12. The molecule has 2 atom stereocenters. The molecule has 0 amide bonds. The molecular weight excluding hydrogens is 512 g/mol. The second-order valence-electron chi connectivity index (χ2n) is 8.92. The van der Waals surface area contributed by atoms with Crippen LogP contribution in [-0.4, -0.2) is 44.9 Å². The van der Waals surface area contributed by atoms with Crippen LogP contribution in [-0.2, 0) is 9.59 Å². The topological polar surface area (TPSA) is 134 Å². The molecule has 0 saturated carbocycles. The lowest BCUT2D eigenvalue weighted by atomic mass is 9.92. The zero-order chi connectivity index (χ0) is 30.0. The smallest absolute Gasteiger partial charge is 0.330 e. The summed E-state index contributed by atoms with van der Waals surface area (Å²) in [4.78, 5) is 19.2. The molecule has 0 bridgehead atoms. The van der Waals surface area contributed by atoms with E-state index in [0.29, 0.717) is 11.5 Å². The molecule has 0 aliphatic rings. The summed E-state index contributed by atoms with van der Waals surface area (Å²) in [5.41, 5.74) is 2.00. The molecule has 0 aliphatic heterocycles. The first-order chi connectivity index (χ1) is 18.8. The van der Waals surface area contributed by atoms with Crippen molar-refractivity contribution in [2.45, 2.75) is 40.3 Å². The van der Waals surface area contributed by atoms with Gasteiger partial charge in [-0.25, -0.2) is 9.59 Å². The summed E-state index contributed by atoms with van der Waals surface area (Å²) >= 11 is 0. The summed E-state index contributed by atoms with van der Waals surface area (Å²) < 4.78 is 11.5. The molecule has 2 unspecified atom stereocenters. The molecule has 0 fully saturated rings. The molecule has 40 heavy (non-hydrogen) atoms. The van der Waals surface area contributed by atoms with Crippen LogP contribution < -0.4 is 9.47 Å².